The number of anilines is 1. The van der Waals surface area contributed by atoms with E-state index in [1.165, 1.54) is 5.56 Å². The topological polar surface area (TPSA) is 109 Å². The van der Waals surface area contributed by atoms with E-state index < -0.39 is 11.9 Å². The Kier molecular flexibility index (Phi) is 5.39. The van der Waals surface area contributed by atoms with Crippen molar-refractivity contribution in [1.29, 1.82) is 0 Å². The van der Waals surface area contributed by atoms with Gasteiger partial charge < -0.3 is 9.84 Å². The number of nitrogens with zero attached hydrogens (tertiary/aromatic N) is 2. The Labute approximate surface area is 162 Å². The number of aromatic nitrogens is 2. The maximum Gasteiger partial charge on any atom is 0.337 e. The highest BCUT2D eigenvalue weighted by Gasteiger charge is 2.18. The van der Waals surface area contributed by atoms with Crippen LogP contribution in [0.4, 0.5) is 10.5 Å². The molecule has 3 rings (SSSR count). The van der Waals surface area contributed by atoms with E-state index in [0.717, 1.165) is 5.56 Å². The van der Waals surface area contributed by atoms with Gasteiger partial charge in [0.2, 0.25) is 5.82 Å². The number of benzene rings is 2. The highest BCUT2D eigenvalue weighted by Crippen LogP contribution is 2.24. The van der Waals surface area contributed by atoms with E-state index in [9.17, 15) is 9.59 Å². The van der Waals surface area contributed by atoms with Gasteiger partial charge in [0.25, 0.3) is 0 Å². The molecule has 0 aliphatic heterocycles. The van der Waals surface area contributed by atoms with Crippen LogP contribution in [0.3, 0.4) is 0 Å². The van der Waals surface area contributed by atoms with Crippen LogP contribution in [0.2, 0.25) is 0 Å². The summed E-state index contributed by atoms with van der Waals surface area (Å²) >= 11 is 0. The Morgan fingerprint density at radius 2 is 1.61 bits per heavy atom. The van der Waals surface area contributed by atoms with Crippen LogP contribution in [0.15, 0.2) is 59.1 Å². The number of carbonyl (C=O) groups is 2. The van der Waals surface area contributed by atoms with E-state index in [2.05, 4.69) is 47.1 Å². The Hall–Kier alpha value is -3.68. The first-order chi connectivity index (χ1) is 13.3. The number of para-hydroxylation sites is 1. The highest BCUT2D eigenvalue weighted by atomic mass is 16.5. The van der Waals surface area contributed by atoms with Crippen LogP contribution >= 0.6 is 0 Å². The Morgan fingerprint density at radius 1 is 0.929 bits per heavy atom. The molecule has 0 spiro atoms. The molecule has 0 bridgehead atoms. The minimum absolute atomic E-state index is 0.0345. The summed E-state index contributed by atoms with van der Waals surface area (Å²) in [4.78, 5) is 27.9. The molecule has 3 aromatic rings. The molecule has 0 saturated heterocycles. The smallest absolute Gasteiger partial charge is 0.328 e. The normalized spacial score (nSPS) is 11.0. The fourth-order valence-electron chi connectivity index (χ4n) is 2.40. The Morgan fingerprint density at radius 3 is 2.25 bits per heavy atom. The van der Waals surface area contributed by atoms with Gasteiger partial charge in [-0.15, -0.1) is 0 Å². The number of hydrazine groups is 1. The first-order valence-corrected chi connectivity index (χ1v) is 8.70. The van der Waals surface area contributed by atoms with Gasteiger partial charge in [-0.1, -0.05) is 68.4 Å². The molecular formula is C20H21N5O3. The first kappa shape index (κ1) is 19.1. The van der Waals surface area contributed by atoms with Gasteiger partial charge in [-0.25, -0.2) is 10.2 Å². The van der Waals surface area contributed by atoms with Crippen LogP contribution in [0.1, 0.15) is 37.0 Å². The fourth-order valence-corrected chi connectivity index (χ4v) is 2.40. The minimum Gasteiger partial charge on any atom is -0.328 e. The van der Waals surface area contributed by atoms with Crippen LogP contribution < -0.4 is 16.2 Å². The molecule has 1 aromatic heterocycles. The molecule has 144 valence electrons. The van der Waals surface area contributed by atoms with Gasteiger partial charge in [0.05, 0.1) is 0 Å². The van der Waals surface area contributed by atoms with E-state index in [1.54, 1.807) is 24.3 Å². The van der Waals surface area contributed by atoms with Crippen molar-refractivity contribution in [1.82, 2.24) is 21.0 Å². The Balaban J connectivity index is 1.58. The maximum atomic E-state index is 12.1. The van der Waals surface area contributed by atoms with Gasteiger partial charge in [0.15, 0.2) is 0 Å². The molecule has 28 heavy (non-hydrogen) atoms. The standard InChI is InChI=1S/C20H21N5O3/c1-20(2,3)14-11-9-13(10-12-14)16-22-18(28-25-16)17(26)23-24-19(27)21-15-7-5-4-6-8-15/h4-12H,1-3H3,(H,23,26)(H2,21,24,27). The summed E-state index contributed by atoms with van der Waals surface area (Å²) in [6, 6.07) is 15.9. The molecule has 1 heterocycles. The number of urea groups is 1. The largest absolute Gasteiger partial charge is 0.337 e. The lowest BCUT2D eigenvalue weighted by atomic mass is 9.87. The first-order valence-electron chi connectivity index (χ1n) is 8.70. The monoisotopic (exact) mass is 379 g/mol. The number of amides is 3. The van der Waals surface area contributed by atoms with Gasteiger partial charge in [0.1, 0.15) is 0 Å². The molecule has 3 N–H and O–H groups in total. The van der Waals surface area contributed by atoms with Crippen molar-refractivity contribution in [3.05, 3.63) is 66.1 Å². The number of nitrogens with one attached hydrogen (secondary N) is 3. The zero-order valence-corrected chi connectivity index (χ0v) is 15.8. The second kappa shape index (κ2) is 7.91. The molecule has 3 amide bonds. The van der Waals surface area contributed by atoms with Gasteiger partial charge in [0, 0.05) is 11.3 Å². The fraction of sp³-hybridized carbons (Fsp3) is 0.200. The average molecular weight is 379 g/mol. The van der Waals surface area contributed by atoms with Crippen molar-refractivity contribution in [3.8, 4) is 11.4 Å². The van der Waals surface area contributed by atoms with Crippen LogP contribution in [-0.2, 0) is 5.41 Å². The third-order valence-corrected chi connectivity index (χ3v) is 3.95. The molecule has 0 unspecified atom stereocenters. The van der Waals surface area contributed by atoms with E-state index in [-0.39, 0.29) is 11.3 Å². The van der Waals surface area contributed by atoms with Gasteiger partial charge >= 0.3 is 17.8 Å². The van der Waals surface area contributed by atoms with Crippen molar-refractivity contribution in [2.45, 2.75) is 26.2 Å². The number of rotatable bonds is 3. The van der Waals surface area contributed by atoms with Crippen LogP contribution in [0.5, 0.6) is 0 Å². The zero-order chi connectivity index (χ0) is 20.1. The van der Waals surface area contributed by atoms with Gasteiger partial charge in [-0.2, -0.15) is 4.98 Å². The van der Waals surface area contributed by atoms with Crippen molar-refractivity contribution in [2.24, 2.45) is 0 Å². The van der Waals surface area contributed by atoms with Crippen molar-refractivity contribution >= 4 is 17.6 Å². The second-order valence-corrected chi connectivity index (χ2v) is 7.15. The summed E-state index contributed by atoms with van der Waals surface area (Å²) in [7, 11) is 0. The summed E-state index contributed by atoms with van der Waals surface area (Å²) in [5, 5.41) is 6.38. The molecule has 8 heteroatoms. The number of carbonyl (C=O) groups excluding carboxylic acids is 2. The predicted molar refractivity (Wildman–Crippen MR) is 104 cm³/mol. The third-order valence-electron chi connectivity index (χ3n) is 3.95. The van der Waals surface area contributed by atoms with Crippen LogP contribution in [0, 0.1) is 0 Å². The minimum atomic E-state index is -0.715. The molecule has 0 aliphatic carbocycles. The quantitative estimate of drug-likeness (QED) is 0.604. The van der Waals surface area contributed by atoms with E-state index >= 15 is 0 Å². The predicted octanol–water partition coefficient (Wildman–Crippen LogP) is 3.50. The van der Waals surface area contributed by atoms with Crippen molar-refractivity contribution in [2.75, 3.05) is 5.32 Å². The van der Waals surface area contributed by atoms with E-state index in [4.69, 9.17) is 4.52 Å². The lowest BCUT2D eigenvalue weighted by Crippen LogP contribution is -2.44. The summed E-state index contributed by atoms with van der Waals surface area (Å²) in [6.45, 7) is 6.37. The van der Waals surface area contributed by atoms with Gasteiger partial charge in [-0.3, -0.25) is 10.2 Å². The second-order valence-electron chi connectivity index (χ2n) is 7.15. The molecule has 0 radical (unpaired) electrons. The van der Waals surface area contributed by atoms with E-state index in [1.807, 2.05) is 30.3 Å². The van der Waals surface area contributed by atoms with Crippen LogP contribution in [-0.4, -0.2) is 22.1 Å². The van der Waals surface area contributed by atoms with Crippen molar-refractivity contribution in [3.63, 3.8) is 0 Å². The average Bonchev–Trinajstić information content (AvgIpc) is 3.17. The molecule has 0 fully saturated rings. The molecule has 0 saturated carbocycles. The molecule has 2 aromatic carbocycles. The van der Waals surface area contributed by atoms with Crippen molar-refractivity contribution < 1.29 is 14.1 Å². The van der Waals surface area contributed by atoms with E-state index in [0.29, 0.717) is 11.5 Å². The highest BCUT2D eigenvalue weighted by molar-refractivity contribution is 5.94. The van der Waals surface area contributed by atoms with Crippen LogP contribution in [0.25, 0.3) is 11.4 Å². The molecule has 8 nitrogen and oxygen atoms in total. The summed E-state index contributed by atoms with van der Waals surface area (Å²) < 4.78 is 4.98. The summed E-state index contributed by atoms with van der Waals surface area (Å²) in [5.74, 6) is -0.678. The SMILES string of the molecule is CC(C)(C)c1ccc(-c2noc(C(=O)NNC(=O)Nc3ccccc3)n2)cc1. The Bertz CT molecular complexity index is 960. The molecular weight excluding hydrogens is 358 g/mol. The number of hydrogen-bond donors (Lipinski definition) is 3. The zero-order valence-electron chi connectivity index (χ0n) is 15.8. The summed E-state index contributed by atoms with van der Waals surface area (Å²) in [5.41, 5.74) is 6.97. The maximum absolute atomic E-state index is 12.1. The lowest BCUT2D eigenvalue weighted by molar-refractivity contribution is 0.0894. The number of hydrogen-bond acceptors (Lipinski definition) is 5. The van der Waals surface area contributed by atoms with Gasteiger partial charge in [-0.05, 0) is 23.1 Å². The third kappa shape index (κ3) is 4.73. The molecule has 0 aliphatic rings. The molecule has 0 atom stereocenters. The lowest BCUT2D eigenvalue weighted by Gasteiger charge is -2.18. The summed E-state index contributed by atoms with van der Waals surface area (Å²) in [6.07, 6.45) is 0.